The number of hydrogen-bond donors (Lipinski definition) is 1. The van der Waals surface area contributed by atoms with Crippen LogP contribution < -0.4 is 0 Å². The van der Waals surface area contributed by atoms with Crippen LogP contribution in [0.15, 0.2) is 0 Å². The van der Waals surface area contributed by atoms with Gasteiger partial charge in [-0.05, 0) is 34.1 Å². The first-order chi connectivity index (χ1) is 7.60. The highest BCUT2D eigenvalue weighted by atomic mass is 16.6. The standard InChI is InChI=1S/C12H19NO4/c1-10(2,3)17-9(16)13-6-12(7-13)5-11(12,4)8(14)15/h5-7H2,1-4H3,(H,14,15). The van der Waals surface area contributed by atoms with E-state index < -0.39 is 17.0 Å². The third-order valence-electron chi connectivity index (χ3n) is 3.85. The minimum Gasteiger partial charge on any atom is -0.481 e. The van der Waals surface area contributed by atoms with Crippen molar-refractivity contribution < 1.29 is 19.4 Å². The third-order valence-corrected chi connectivity index (χ3v) is 3.85. The fourth-order valence-electron chi connectivity index (χ4n) is 2.54. The lowest BCUT2D eigenvalue weighted by Crippen LogP contribution is -2.55. The number of aliphatic carboxylic acids is 1. The van der Waals surface area contributed by atoms with Crippen molar-refractivity contribution in [2.45, 2.75) is 39.7 Å². The highest BCUT2D eigenvalue weighted by Crippen LogP contribution is 2.68. The SMILES string of the molecule is CC(C)(C)OC(=O)N1CC2(C1)CC2(C)C(=O)O. The number of nitrogens with zero attached hydrogens (tertiary/aromatic N) is 1. The van der Waals surface area contributed by atoms with Crippen LogP contribution in [-0.4, -0.2) is 40.8 Å². The Morgan fingerprint density at radius 2 is 1.82 bits per heavy atom. The average molecular weight is 241 g/mol. The molecule has 0 aromatic rings. The van der Waals surface area contributed by atoms with Crippen molar-refractivity contribution in [1.82, 2.24) is 4.90 Å². The Balaban J connectivity index is 1.89. The average Bonchev–Trinajstić information content (AvgIpc) is 2.68. The molecule has 5 nitrogen and oxygen atoms in total. The monoisotopic (exact) mass is 241 g/mol. The highest BCUT2D eigenvalue weighted by molar-refractivity contribution is 5.81. The van der Waals surface area contributed by atoms with Gasteiger partial charge in [-0.2, -0.15) is 0 Å². The van der Waals surface area contributed by atoms with Gasteiger partial charge in [-0.25, -0.2) is 4.79 Å². The molecule has 5 heteroatoms. The van der Waals surface area contributed by atoms with Gasteiger partial charge in [0.05, 0.1) is 5.41 Å². The van der Waals surface area contributed by atoms with E-state index in [2.05, 4.69) is 0 Å². The molecule has 0 radical (unpaired) electrons. The third kappa shape index (κ3) is 1.77. The van der Waals surface area contributed by atoms with Crippen LogP contribution in [0.3, 0.4) is 0 Å². The zero-order valence-corrected chi connectivity index (χ0v) is 10.7. The van der Waals surface area contributed by atoms with Crippen molar-refractivity contribution in [1.29, 1.82) is 0 Å². The molecule has 96 valence electrons. The lowest BCUT2D eigenvalue weighted by atomic mass is 9.87. The Bertz CT molecular complexity index is 378. The predicted octanol–water partition coefficient (Wildman–Crippen LogP) is 1.72. The summed E-state index contributed by atoms with van der Waals surface area (Å²) >= 11 is 0. The Morgan fingerprint density at radius 3 is 2.18 bits per heavy atom. The van der Waals surface area contributed by atoms with Crippen molar-refractivity contribution in [2.24, 2.45) is 10.8 Å². The van der Waals surface area contributed by atoms with E-state index in [-0.39, 0.29) is 11.5 Å². The molecule has 1 unspecified atom stereocenters. The number of likely N-dealkylation sites (tertiary alicyclic amines) is 1. The van der Waals surface area contributed by atoms with Crippen molar-refractivity contribution in [3.63, 3.8) is 0 Å². The molecular weight excluding hydrogens is 222 g/mol. The molecule has 2 aliphatic rings. The van der Waals surface area contributed by atoms with E-state index in [0.29, 0.717) is 19.5 Å². The molecule has 1 atom stereocenters. The second-order valence-corrected chi connectivity index (χ2v) is 6.43. The maximum Gasteiger partial charge on any atom is 0.410 e. The predicted molar refractivity (Wildman–Crippen MR) is 60.6 cm³/mol. The maximum atomic E-state index is 11.7. The lowest BCUT2D eigenvalue weighted by Gasteiger charge is -2.42. The summed E-state index contributed by atoms with van der Waals surface area (Å²) < 4.78 is 5.23. The number of carbonyl (C=O) groups is 2. The summed E-state index contributed by atoms with van der Waals surface area (Å²) in [5.74, 6) is -0.763. The maximum absolute atomic E-state index is 11.7. The number of ether oxygens (including phenoxy) is 1. The minimum absolute atomic E-state index is 0.199. The number of hydrogen-bond acceptors (Lipinski definition) is 3. The zero-order valence-electron chi connectivity index (χ0n) is 10.7. The molecule has 0 aromatic carbocycles. The molecule has 1 aliphatic heterocycles. The second-order valence-electron chi connectivity index (χ2n) is 6.43. The van der Waals surface area contributed by atoms with E-state index in [4.69, 9.17) is 9.84 Å². The van der Waals surface area contributed by atoms with Gasteiger partial charge < -0.3 is 14.7 Å². The molecule has 2 rings (SSSR count). The van der Waals surface area contributed by atoms with E-state index in [0.717, 1.165) is 0 Å². The molecule has 1 aliphatic carbocycles. The smallest absolute Gasteiger partial charge is 0.410 e. The Labute approximate surface area is 101 Å². The van der Waals surface area contributed by atoms with Crippen LogP contribution in [-0.2, 0) is 9.53 Å². The Hall–Kier alpha value is -1.26. The molecule has 17 heavy (non-hydrogen) atoms. The number of rotatable bonds is 1. The summed E-state index contributed by atoms with van der Waals surface area (Å²) in [5, 5.41) is 9.09. The molecule has 0 aromatic heterocycles. The van der Waals surface area contributed by atoms with Gasteiger partial charge in [0.1, 0.15) is 5.60 Å². The van der Waals surface area contributed by atoms with Gasteiger partial charge >= 0.3 is 12.1 Å². The second kappa shape index (κ2) is 3.15. The van der Waals surface area contributed by atoms with Gasteiger partial charge in [0.15, 0.2) is 0 Å². The van der Waals surface area contributed by atoms with Crippen LogP contribution in [0.25, 0.3) is 0 Å². The number of carbonyl (C=O) groups excluding carboxylic acids is 1. The first-order valence-corrected chi connectivity index (χ1v) is 5.81. The van der Waals surface area contributed by atoms with Crippen LogP contribution in [0.5, 0.6) is 0 Å². The number of carboxylic acid groups (broad SMARTS) is 1. The van der Waals surface area contributed by atoms with E-state index in [1.54, 1.807) is 11.8 Å². The quantitative estimate of drug-likeness (QED) is 0.759. The van der Waals surface area contributed by atoms with E-state index in [9.17, 15) is 9.59 Å². The lowest BCUT2D eigenvalue weighted by molar-refractivity contribution is -0.146. The number of amides is 1. The summed E-state index contributed by atoms with van der Waals surface area (Å²) in [5.41, 5.74) is -1.35. The molecule has 1 amide bonds. The molecule has 0 bridgehead atoms. The Morgan fingerprint density at radius 1 is 1.29 bits per heavy atom. The van der Waals surface area contributed by atoms with Crippen LogP contribution in [0.4, 0.5) is 4.79 Å². The fourth-order valence-corrected chi connectivity index (χ4v) is 2.54. The summed E-state index contributed by atoms with van der Waals surface area (Å²) in [6.45, 7) is 8.22. The van der Waals surface area contributed by atoms with Gasteiger partial charge in [-0.1, -0.05) is 0 Å². The highest BCUT2D eigenvalue weighted by Gasteiger charge is 2.74. The van der Waals surface area contributed by atoms with Crippen LogP contribution in [0.2, 0.25) is 0 Å². The summed E-state index contributed by atoms with van der Waals surface area (Å²) in [4.78, 5) is 24.3. The van der Waals surface area contributed by atoms with Crippen molar-refractivity contribution in [2.75, 3.05) is 13.1 Å². The van der Waals surface area contributed by atoms with E-state index >= 15 is 0 Å². The van der Waals surface area contributed by atoms with E-state index in [1.165, 1.54) is 0 Å². The topological polar surface area (TPSA) is 66.8 Å². The van der Waals surface area contributed by atoms with Gasteiger partial charge in [0.2, 0.25) is 0 Å². The van der Waals surface area contributed by atoms with Crippen LogP contribution >= 0.6 is 0 Å². The van der Waals surface area contributed by atoms with Gasteiger partial charge in [0, 0.05) is 18.5 Å². The van der Waals surface area contributed by atoms with E-state index in [1.807, 2.05) is 20.8 Å². The van der Waals surface area contributed by atoms with Gasteiger partial charge in [0.25, 0.3) is 0 Å². The number of carboxylic acids is 1. The van der Waals surface area contributed by atoms with Gasteiger partial charge in [-0.15, -0.1) is 0 Å². The first-order valence-electron chi connectivity index (χ1n) is 5.81. The molecule has 2 fully saturated rings. The molecule has 1 spiro atoms. The molecule has 1 heterocycles. The summed E-state index contributed by atoms with van der Waals surface area (Å²) in [7, 11) is 0. The van der Waals surface area contributed by atoms with Crippen LogP contribution in [0, 0.1) is 10.8 Å². The fraction of sp³-hybridized carbons (Fsp3) is 0.833. The van der Waals surface area contributed by atoms with Crippen molar-refractivity contribution in [3.8, 4) is 0 Å². The molecule has 1 N–H and O–H groups in total. The Kier molecular flexibility index (Phi) is 2.26. The summed E-state index contributed by atoms with van der Waals surface area (Å²) in [6.07, 6.45) is 0.317. The van der Waals surface area contributed by atoms with Crippen molar-refractivity contribution >= 4 is 12.1 Å². The first kappa shape index (κ1) is 12.2. The van der Waals surface area contributed by atoms with Gasteiger partial charge in [-0.3, -0.25) is 4.79 Å². The largest absolute Gasteiger partial charge is 0.481 e. The molecular formula is C12H19NO4. The molecule has 1 saturated heterocycles. The van der Waals surface area contributed by atoms with Crippen LogP contribution in [0.1, 0.15) is 34.1 Å². The minimum atomic E-state index is -0.763. The summed E-state index contributed by atoms with van der Waals surface area (Å²) in [6, 6.07) is 0. The van der Waals surface area contributed by atoms with Crippen molar-refractivity contribution in [3.05, 3.63) is 0 Å². The zero-order chi connectivity index (χ0) is 13.1. The molecule has 1 saturated carbocycles. The normalized spacial score (nSPS) is 29.8.